The quantitative estimate of drug-likeness (QED) is 0.812. The second-order valence-electron chi connectivity index (χ2n) is 4.24. The lowest BCUT2D eigenvalue weighted by Crippen LogP contribution is -2.07. The van der Waals surface area contributed by atoms with Crippen LogP contribution < -0.4 is 0 Å². The molecule has 0 aliphatic carbocycles. The van der Waals surface area contributed by atoms with Gasteiger partial charge in [0.15, 0.2) is 0 Å². The van der Waals surface area contributed by atoms with Gasteiger partial charge in [-0.15, -0.1) is 0 Å². The number of halogens is 3. The van der Waals surface area contributed by atoms with E-state index in [-0.39, 0.29) is 23.6 Å². The van der Waals surface area contributed by atoms with Crippen molar-refractivity contribution in [1.82, 2.24) is 0 Å². The first-order valence-corrected chi connectivity index (χ1v) is 6.51. The van der Waals surface area contributed by atoms with Gasteiger partial charge in [-0.2, -0.15) is 0 Å². The highest BCUT2D eigenvalue weighted by Crippen LogP contribution is 2.21. The van der Waals surface area contributed by atoms with Gasteiger partial charge in [0.2, 0.25) is 0 Å². The van der Waals surface area contributed by atoms with Crippen molar-refractivity contribution >= 4 is 29.0 Å². The molecule has 0 saturated carbocycles. The Morgan fingerprint density at radius 1 is 1.05 bits per heavy atom. The molecule has 0 saturated heterocycles. The average Bonchev–Trinajstić information content (AvgIpc) is 2.35. The number of rotatable bonds is 4. The maximum absolute atomic E-state index is 13.2. The minimum Gasteiger partial charge on any atom is -0.299 e. The van der Waals surface area contributed by atoms with E-state index in [0.717, 1.165) is 5.56 Å². The fourth-order valence-corrected chi connectivity index (χ4v) is 2.24. The molecule has 0 aliphatic rings. The van der Waals surface area contributed by atoms with Gasteiger partial charge in [-0.05, 0) is 29.3 Å². The second-order valence-corrected chi connectivity index (χ2v) is 5.05. The van der Waals surface area contributed by atoms with Gasteiger partial charge >= 0.3 is 0 Å². The summed E-state index contributed by atoms with van der Waals surface area (Å²) in [5, 5.41) is 0.607. The summed E-state index contributed by atoms with van der Waals surface area (Å²) in [7, 11) is 0. The molecule has 0 amide bonds. The van der Waals surface area contributed by atoms with Gasteiger partial charge in [-0.25, -0.2) is 4.39 Å². The number of ketones is 1. The van der Waals surface area contributed by atoms with E-state index in [1.54, 1.807) is 30.3 Å². The first-order chi connectivity index (χ1) is 9.06. The van der Waals surface area contributed by atoms with E-state index in [0.29, 0.717) is 10.6 Å². The Labute approximate surface area is 121 Å². The molecule has 0 bridgehead atoms. The monoisotopic (exact) mass is 296 g/mol. The summed E-state index contributed by atoms with van der Waals surface area (Å²) >= 11 is 11.7. The number of hydrogen-bond donors (Lipinski definition) is 0. The van der Waals surface area contributed by atoms with E-state index in [2.05, 4.69) is 0 Å². The standard InChI is InChI=1S/C15H11Cl2FO/c16-12-5-1-3-10(7-12)8-13(19)9-11-4-2-6-14(18)15(11)17/h1-7H,8-9H2. The highest BCUT2D eigenvalue weighted by atomic mass is 35.5. The van der Waals surface area contributed by atoms with Crippen molar-refractivity contribution in [3.05, 3.63) is 69.5 Å². The Kier molecular flexibility index (Phi) is 4.56. The molecule has 0 aliphatic heterocycles. The van der Waals surface area contributed by atoms with Crippen molar-refractivity contribution in [1.29, 1.82) is 0 Å². The van der Waals surface area contributed by atoms with E-state index >= 15 is 0 Å². The van der Waals surface area contributed by atoms with E-state index in [9.17, 15) is 9.18 Å². The smallest absolute Gasteiger partial charge is 0.142 e. The molecule has 0 spiro atoms. The predicted molar refractivity (Wildman–Crippen MR) is 75.3 cm³/mol. The summed E-state index contributed by atoms with van der Waals surface area (Å²) in [5.74, 6) is -0.538. The maximum atomic E-state index is 13.2. The zero-order valence-corrected chi connectivity index (χ0v) is 11.5. The molecule has 4 heteroatoms. The Balaban J connectivity index is 2.08. The van der Waals surface area contributed by atoms with Crippen LogP contribution in [0.2, 0.25) is 10.0 Å². The average molecular weight is 297 g/mol. The van der Waals surface area contributed by atoms with E-state index in [4.69, 9.17) is 23.2 Å². The molecule has 2 aromatic carbocycles. The summed E-state index contributed by atoms with van der Waals surface area (Å²) in [6.45, 7) is 0. The van der Waals surface area contributed by atoms with E-state index < -0.39 is 5.82 Å². The van der Waals surface area contributed by atoms with Crippen LogP contribution in [-0.4, -0.2) is 5.78 Å². The molecule has 0 radical (unpaired) electrons. The molecule has 2 rings (SSSR count). The minimum atomic E-state index is -0.505. The van der Waals surface area contributed by atoms with Crippen LogP contribution in [0.5, 0.6) is 0 Å². The minimum absolute atomic E-state index is 0.0157. The third-order valence-corrected chi connectivity index (χ3v) is 3.37. The lowest BCUT2D eigenvalue weighted by Gasteiger charge is -2.05. The van der Waals surface area contributed by atoms with Crippen LogP contribution >= 0.6 is 23.2 Å². The Morgan fingerprint density at radius 3 is 2.53 bits per heavy atom. The molecular formula is C15H11Cl2FO. The van der Waals surface area contributed by atoms with Crippen molar-refractivity contribution in [3.63, 3.8) is 0 Å². The van der Waals surface area contributed by atoms with Crippen LogP contribution in [0.4, 0.5) is 4.39 Å². The summed E-state index contributed by atoms with van der Waals surface area (Å²) in [5.41, 5.74) is 1.35. The third kappa shape index (κ3) is 3.79. The predicted octanol–water partition coefficient (Wildman–Crippen LogP) is 4.49. The summed E-state index contributed by atoms with van der Waals surface area (Å²) in [4.78, 5) is 11.9. The van der Waals surface area contributed by atoms with Crippen molar-refractivity contribution in [2.24, 2.45) is 0 Å². The summed E-state index contributed by atoms with van der Waals surface area (Å²) < 4.78 is 13.2. The van der Waals surface area contributed by atoms with Crippen LogP contribution in [-0.2, 0) is 17.6 Å². The molecule has 98 valence electrons. The molecule has 0 N–H and O–H groups in total. The van der Waals surface area contributed by atoms with Crippen LogP contribution in [0.15, 0.2) is 42.5 Å². The number of carbonyl (C=O) groups excluding carboxylic acids is 1. The van der Waals surface area contributed by atoms with Gasteiger partial charge in [0, 0.05) is 17.9 Å². The van der Waals surface area contributed by atoms with Crippen LogP contribution in [0.25, 0.3) is 0 Å². The highest BCUT2D eigenvalue weighted by molar-refractivity contribution is 6.31. The van der Waals surface area contributed by atoms with Gasteiger partial charge in [0.05, 0.1) is 5.02 Å². The molecule has 1 nitrogen and oxygen atoms in total. The van der Waals surface area contributed by atoms with E-state index in [1.165, 1.54) is 6.07 Å². The fourth-order valence-electron chi connectivity index (χ4n) is 1.83. The first-order valence-electron chi connectivity index (χ1n) is 5.75. The van der Waals surface area contributed by atoms with Crippen LogP contribution in [0.3, 0.4) is 0 Å². The van der Waals surface area contributed by atoms with Gasteiger partial charge < -0.3 is 0 Å². The van der Waals surface area contributed by atoms with Crippen molar-refractivity contribution in [2.75, 3.05) is 0 Å². The molecule has 19 heavy (non-hydrogen) atoms. The highest BCUT2D eigenvalue weighted by Gasteiger charge is 2.11. The lowest BCUT2D eigenvalue weighted by molar-refractivity contribution is -0.117. The van der Waals surface area contributed by atoms with Crippen molar-refractivity contribution < 1.29 is 9.18 Å². The molecule has 0 fully saturated rings. The number of benzene rings is 2. The third-order valence-electron chi connectivity index (χ3n) is 2.71. The molecular weight excluding hydrogens is 286 g/mol. The first kappa shape index (κ1) is 14.0. The molecule has 0 aromatic heterocycles. The zero-order chi connectivity index (χ0) is 13.8. The topological polar surface area (TPSA) is 17.1 Å². The number of hydrogen-bond acceptors (Lipinski definition) is 1. The Bertz CT molecular complexity index is 611. The van der Waals surface area contributed by atoms with Gasteiger partial charge in [-0.3, -0.25) is 4.79 Å². The largest absolute Gasteiger partial charge is 0.299 e. The maximum Gasteiger partial charge on any atom is 0.142 e. The number of carbonyl (C=O) groups is 1. The molecule has 2 aromatic rings. The normalized spacial score (nSPS) is 10.5. The van der Waals surface area contributed by atoms with Gasteiger partial charge in [0.1, 0.15) is 11.6 Å². The second kappa shape index (κ2) is 6.18. The summed E-state index contributed by atoms with van der Waals surface area (Å²) in [6.07, 6.45) is 0.372. The SMILES string of the molecule is O=C(Cc1cccc(Cl)c1)Cc1cccc(F)c1Cl. The van der Waals surface area contributed by atoms with Crippen molar-refractivity contribution in [3.8, 4) is 0 Å². The van der Waals surface area contributed by atoms with Gasteiger partial charge in [0.25, 0.3) is 0 Å². The van der Waals surface area contributed by atoms with Crippen LogP contribution in [0.1, 0.15) is 11.1 Å². The van der Waals surface area contributed by atoms with Crippen LogP contribution in [0, 0.1) is 5.82 Å². The summed E-state index contributed by atoms with van der Waals surface area (Å²) in [6, 6.07) is 11.6. The Hall–Kier alpha value is -1.38. The van der Waals surface area contributed by atoms with Gasteiger partial charge in [-0.1, -0.05) is 47.5 Å². The van der Waals surface area contributed by atoms with Crippen molar-refractivity contribution in [2.45, 2.75) is 12.8 Å². The fraction of sp³-hybridized carbons (Fsp3) is 0.133. The Morgan fingerprint density at radius 2 is 1.79 bits per heavy atom. The number of Topliss-reactive ketones (excluding diaryl/α,β-unsaturated/α-hetero) is 1. The van der Waals surface area contributed by atoms with E-state index in [1.807, 2.05) is 6.07 Å². The lowest BCUT2D eigenvalue weighted by atomic mass is 10.0. The molecule has 0 atom stereocenters. The zero-order valence-electron chi connectivity index (χ0n) is 10.00. The molecule has 0 heterocycles. The molecule has 0 unspecified atom stereocenters.